The van der Waals surface area contributed by atoms with Crippen molar-refractivity contribution < 1.29 is 14.3 Å². The number of carbonyl (C=O) groups is 1. The Morgan fingerprint density at radius 3 is 2.67 bits per heavy atom. The van der Waals surface area contributed by atoms with Crippen LogP contribution in [0.3, 0.4) is 0 Å². The van der Waals surface area contributed by atoms with E-state index >= 15 is 0 Å². The van der Waals surface area contributed by atoms with Gasteiger partial charge in [0.15, 0.2) is 0 Å². The van der Waals surface area contributed by atoms with Gasteiger partial charge in [-0.25, -0.2) is 9.18 Å². The van der Waals surface area contributed by atoms with E-state index in [1.54, 1.807) is 12.1 Å². The summed E-state index contributed by atoms with van der Waals surface area (Å²) < 4.78 is 12.5. The van der Waals surface area contributed by atoms with Crippen molar-refractivity contribution in [2.45, 2.75) is 6.42 Å². The normalized spacial score (nSPS) is 10.5. The second kappa shape index (κ2) is 5.80. The molecule has 3 nitrogen and oxygen atoms in total. The molecule has 0 amide bonds. The zero-order chi connectivity index (χ0) is 11.1. The lowest BCUT2D eigenvalue weighted by Crippen LogP contribution is -2.10. The minimum absolute atomic E-state index is 0.252. The average molecular weight is 209 g/mol. The predicted octanol–water partition coefficient (Wildman–Crippen LogP) is 1.56. The summed E-state index contributed by atoms with van der Waals surface area (Å²) in [7, 11) is 0. The Balaban J connectivity index is 2.26. The Kier molecular flexibility index (Phi) is 4.34. The number of carboxylic acids is 1. The van der Waals surface area contributed by atoms with Crippen LogP contribution < -0.4 is 5.32 Å². The summed E-state index contributed by atoms with van der Waals surface area (Å²) in [5, 5.41) is 11.1. The molecular weight excluding hydrogens is 197 g/mol. The molecule has 0 aromatic heterocycles. The third-order valence-electron chi connectivity index (χ3n) is 1.82. The van der Waals surface area contributed by atoms with Gasteiger partial charge in [0.2, 0.25) is 0 Å². The second-order valence-corrected chi connectivity index (χ2v) is 3.00. The molecule has 0 aliphatic carbocycles. The predicted molar refractivity (Wildman–Crippen MR) is 54.9 cm³/mol. The molecule has 2 N–H and O–H groups in total. The van der Waals surface area contributed by atoms with E-state index in [2.05, 4.69) is 5.32 Å². The Morgan fingerprint density at radius 1 is 1.40 bits per heavy atom. The molecule has 4 heteroatoms. The molecule has 15 heavy (non-hydrogen) atoms. The molecule has 80 valence electrons. The summed E-state index contributed by atoms with van der Waals surface area (Å²) in [4.78, 5) is 10.1. The molecule has 0 heterocycles. The minimum atomic E-state index is -0.982. The van der Waals surface area contributed by atoms with Crippen LogP contribution in [0, 0.1) is 5.82 Å². The third-order valence-corrected chi connectivity index (χ3v) is 1.82. The average Bonchev–Trinajstić information content (AvgIpc) is 2.20. The highest BCUT2D eigenvalue weighted by Crippen LogP contribution is 2.02. The number of halogens is 1. The van der Waals surface area contributed by atoms with E-state index in [0.717, 1.165) is 18.1 Å². The summed E-state index contributed by atoms with van der Waals surface area (Å²) in [6.07, 6.45) is 3.14. The highest BCUT2D eigenvalue weighted by atomic mass is 19.1. The van der Waals surface area contributed by atoms with Crippen molar-refractivity contribution in [1.29, 1.82) is 0 Å². The molecule has 0 radical (unpaired) electrons. The minimum Gasteiger partial charge on any atom is -0.478 e. The van der Waals surface area contributed by atoms with Crippen molar-refractivity contribution in [2.24, 2.45) is 0 Å². The van der Waals surface area contributed by atoms with Crippen molar-refractivity contribution in [3.05, 3.63) is 47.9 Å². The second-order valence-electron chi connectivity index (χ2n) is 3.00. The van der Waals surface area contributed by atoms with Crippen LogP contribution >= 0.6 is 0 Å². The number of hydrogen-bond donors (Lipinski definition) is 2. The zero-order valence-electron chi connectivity index (χ0n) is 8.11. The van der Waals surface area contributed by atoms with Crippen molar-refractivity contribution in [3.8, 4) is 0 Å². The zero-order valence-corrected chi connectivity index (χ0v) is 8.11. The lowest BCUT2D eigenvalue weighted by atomic mass is 10.1. The van der Waals surface area contributed by atoms with Gasteiger partial charge in [-0.1, -0.05) is 12.1 Å². The van der Waals surface area contributed by atoms with E-state index in [0.29, 0.717) is 6.54 Å². The summed E-state index contributed by atoms with van der Waals surface area (Å²) in [6.45, 7) is 0.620. The SMILES string of the molecule is O=C(O)/C=C/NCCc1ccc(F)cc1. The molecule has 1 rings (SSSR count). The van der Waals surface area contributed by atoms with Crippen LogP contribution in [0.2, 0.25) is 0 Å². The lowest BCUT2D eigenvalue weighted by Gasteiger charge is -2.00. The number of hydrogen-bond acceptors (Lipinski definition) is 2. The highest BCUT2D eigenvalue weighted by molar-refractivity contribution is 5.79. The largest absolute Gasteiger partial charge is 0.478 e. The summed E-state index contributed by atoms with van der Waals surface area (Å²) >= 11 is 0. The summed E-state index contributed by atoms with van der Waals surface area (Å²) in [6, 6.07) is 6.22. The van der Waals surface area contributed by atoms with Crippen molar-refractivity contribution in [3.63, 3.8) is 0 Å². The van der Waals surface area contributed by atoms with E-state index in [-0.39, 0.29) is 5.82 Å². The van der Waals surface area contributed by atoms with Crippen LogP contribution in [0.1, 0.15) is 5.56 Å². The Morgan fingerprint density at radius 2 is 2.07 bits per heavy atom. The number of benzene rings is 1. The van der Waals surface area contributed by atoms with Crippen LogP contribution in [0.25, 0.3) is 0 Å². The molecule has 0 spiro atoms. The molecule has 1 aromatic carbocycles. The molecule has 0 unspecified atom stereocenters. The smallest absolute Gasteiger partial charge is 0.329 e. The summed E-state index contributed by atoms with van der Waals surface area (Å²) in [5.41, 5.74) is 1.01. The van der Waals surface area contributed by atoms with Crippen LogP contribution in [0.5, 0.6) is 0 Å². The summed E-state index contributed by atoms with van der Waals surface area (Å²) in [5.74, 6) is -1.23. The van der Waals surface area contributed by atoms with Crippen LogP contribution in [-0.2, 0) is 11.2 Å². The standard InChI is InChI=1S/C11H12FNO2/c12-10-3-1-9(2-4-10)5-7-13-8-6-11(14)15/h1-4,6,8,13H,5,7H2,(H,14,15)/b8-6+. The van der Waals surface area contributed by atoms with E-state index < -0.39 is 5.97 Å². The Bertz CT molecular complexity index is 346. The van der Waals surface area contributed by atoms with Crippen LogP contribution in [-0.4, -0.2) is 17.6 Å². The molecular formula is C11H12FNO2. The molecule has 0 aliphatic heterocycles. The maximum Gasteiger partial charge on any atom is 0.329 e. The molecule has 0 saturated heterocycles. The molecule has 0 aliphatic rings. The first kappa shape index (κ1) is 11.2. The topological polar surface area (TPSA) is 49.3 Å². The van der Waals surface area contributed by atoms with Crippen molar-refractivity contribution >= 4 is 5.97 Å². The first-order valence-corrected chi connectivity index (χ1v) is 4.56. The quantitative estimate of drug-likeness (QED) is 0.571. The van der Waals surface area contributed by atoms with Gasteiger partial charge in [-0.2, -0.15) is 0 Å². The van der Waals surface area contributed by atoms with Gasteiger partial charge in [0.25, 0.3) is 0 Å². The van der Waals surface area contributed by atoms with Gasteiger partial charge in [0, 0.05) is 18.8 Å². The fourth-order valence-corrected chi connectivity index (χ4v) is 1.08. The van der Waals surface area contributed by atoms with Gasteiger partial charge in [0.1, 0.15) is 5.82 Å². The van der Waals surface area contributed by atoms with Gasteiger partial charge in [-0.15, -0.1) is 0 Å². The van der Waals surface area contributed by atoms with Crippen molar-refractivity contribution in [2.75, 3.05) is 6.54 Å². The Hall–Kier alpha value is -1.84. The van der Waals surface area contributed by atoms with Crippen LogP contribution in [0.15, 0.2) is 36.5 Å². The van der Waals surface area contributed by atoms with Gasteiger partial charge in [0.05, 0.1) is 0 Å². The number of rotatable bonds is 5. The molecule has 0 bridgehead atoms. The molecule has 0 atom stereocenters. The number of aliphatic carboxylic acids is 1. The first-order valence-electron chi connectivity index (χ1n) is 4.56. The maximum atomic E-state index is 12.5. The van der Waals surface area contributed by atoms with E-state index in [1.165, 1.54) is 18.3 Å². The number of nitrogens with one attached hydrogen (secondary N) is 1. The van der Waals surface area contributed by atoms with E-state index in [4.69, 9.17) is 5.11 Å². The Labute approximate surface area is 87.2 Å². The van der Waals surface area contributed by atoms with Gasteiger partial charge < -0.3 is 10.4 Å². The van der Waals surface area contributed by atoms with Gasteiger partial charge in [-0.05, 0) is 24.1 Å². The van der Waals surface area contributed by atoms with Gasteiger partial charge in [-0.3, -0.25) is 0 Å². The lowest BCUT2D eigenvalue weighted by molar-refractivity contribution is -0.131. The van der Waals surface area contributed by atoms with E-state index in [1.807, 2.05) is 0 Å². The molecule has 0 fully saturated rings. The van der Waals surface area contributed by atoms with E-state index in [9.17, 15) is 9.18 Å². The monoisotopic (exact) mass is 209 g/mol. The number of carboxylic acid groups (broad SMARTS) is 1. The fourth-order valence-electron chi connectivity index (χ4n) is 1.08. The van der Waals surface area contributed by atoms with Crippen molar-refractivity contribution in [1.82, 2.24) is 5.32 Å². The van der Waals surface area contributed by atoms with Gasteiger partial charge >= 0.3 is 5.97 Å². The molecule has 0 saturated carbocycles. The fraction of sp³-hybridized carbons (Fsp3) is 0.182. The third kappa shape index (κ3) is 4.81. The maximum absolute atomic E-state index is 12.5. The molecule has 1 aromatic rings. The highest BCUT2D eigenvalue weighted by Gasteiger charge is 1.92. The first-order chi connectivity index (χ1) is 7.18. The van der Waals surface area contributed by atoms with Crippen LogP contribution in [0.4, 0.5) is 4.39 Å².